The molecule has 0 bridgehead atoms. The fraction of sp³-hybridized carbons (Fsp3) is 0.562. The van der Waals surface area contributed by atoms with Crippen LogP contribution in [0, 0.1) is 5.92 Å². The Morgan fingerprint density at radius 1 is 0.926 bits per heavy atom. The van der Waals surface area contributed by atoms with Gasteiger partial charge in [-0.05, 0) is 26.7 Å². The van der Waals surface area contributed by atoms with Gasteiger partial charge in [0.05, 0.1) is 12.4 Å². The third-order valence-corrected chi connectivity index (χ3v) is 3.71. The van der Waals surface area contributed by atoms with E-state index < -0.39 is 39.7 Å². The maximum atomic E-state index is 12.1. The Hall–Kier alpha value is -1.20. The molecule has 0 saturated carbocycles. The second-order valence-electron chi connectivity index (χ2n) is 5.62. The van der Waals surface area contributed by atoms with E-state index in [9.17, 15) is 22.8 Å². The molecule has 0 aliphatic heterocycles. The third kappa shape index (κ3) is 14.5. The average molecular weight is 416 g/mol. The van der Waals surface area contributed by atoms with E-state index >= 15 is 0 Å². The molecule has 1 N–H and O–H groups in total. The number of carbonyl (C=O) groups is 3. The van der Waals surface area contributed by atoms with Crippen LogP contribution in [0.15, 0.2) is 24.3 Å². The van der Waals surface area contributed by atoms with Crippen molar-refractivity contribution in [3.05, 3.63) is 24.3 Å². The van der Waals surface area contributed by atoms with E-state index in [1.165, 1.54) is 13.8 Å². The molecular formula is C16H25NaO9S. The predicted octanol–water partition coefficient (Wildman–Crippen LogP) is 0.404. The van der Waals surface area contributed by atoms with Crippen LogP contribution in [0.1, 0.15) is 26.7 Å². The van der Waals surface area contributed by atoms with Gasteiger partial charge in [0.2, 0.25) is 0 Å². The van der Waals surface area contributed by atoms with Crippen LogP contribution in [0.4, 0.5) is 0 Å². The number of hydrogen-bond donors (Lipinski definition) is 1. The molecule has 0 aliphatic carbocycles. The molecule has 0 heterocycles. The molecule has 0 amide bonds. The van der Waals surface area contributed by atoms with Gasteiger partial charge in [0.1, 0.15) is 19.1 Å². The molecule has 0 fully saturated rings. The van der Waals surface area contributed by atoms with Crippen LogP contribution in [-0.4, -0.2) is 86.0 Å². The zero-order valence-electron chi connectivity index (χ0n) is 14.9. The Labute approximate surface area is 181 Å². The first-order chi connectivity index (χ1) is 11.9. The Morgan fingerprint density at radius 3 is 1.74 bits per heavy atom. The fourth-order valence-electron chi connectivity index (χ4n) is 1.46. The van der Waals surface area contributed by atoms with Crippen LogP contribution in [0.3, 0.4) is 0 Å². The summed E-state index contributed by atoms with van der Waals surface area (Å²) in [6.07, 6.45) is 0.307. The monoisotopic (exact) mass is 416 g/mol. The van der Waals surface area contributed by atoms with Gasteiger partial charge in [0.15, 0.2) is 0 Å². The van der Waals surface area contributed by atoms with Gasteiger partial charge in [-0.3, -0.25) is 9.35 Å². The van der Waals surface area contributed by atoms with Crippen LogP contribution in [0.25, 0.3) is 0 Å². The summed E-state index contributed by atoms with van der Waals surface area (Å²) in [7, 11) is -4.07. The number of carbonyl (C=O) groups excluding carboxylic acids is 3. The fourth-order valence-corrected chi connectivity index (χ4v) is 2.03. The Kier molecular flexibility index (Phi) is 14.4. The first kappa shape index (κ1) is 28.0. The molecule has 0 aromatic heterocycles. The number of ether oxygens (including phenoxy) is 3. The normalized spacial score (nSPS) is 10.5. The molecule has 0 saturated heterocycles. The number of rotatable bonds is 12. The summed E-state index contributed by atoms with van der Waals surface area (Å²) in [5, 5.41) is 0. The second-order valence-corrected chi connectivity index (χ2v) is 7.19. The van der Waals surface area contributed by atoms with E-state index in [0.717, 1.165) is 0 Å². The van der Waals surface area contributed by atoms with Gasteiger partial charge in [0, 0.05) is 11.1 Å². The minimum absolute atomic E-state index is 0. The van der Waals surface area contributed by atoms with Crippen molar-refractivity contribution in [1.29, 1.82) is 0 Å². The standard InChI is InChI=1S/C16H24O9S.Na.H/c1-11(2)14(17)24-9-13(10-25-15(18)12(3)4)16(19)23-7-5-6-8-26(20,21)22;;/h13H,1,3,5-10H2,2,4H3,(H,20,21,22);;. The molecule has 0 aromatic carbocycles. The summed E-state index contributed by atoms with van der Waals surface area (Å²) in [6, 6.07) is 0. The van der Waals surface area contributed by atoms with Gasteiger partial charge >= 0.3 is 47.5 Å². The molecule has 0 aliphatic rings. The van der Waals surface area contributed by atoms with Crippen LogP contribution in [0.5, 0.6) is 0 Å². The first-order valence-corrected chi connectivity index (χ1v) is 9.32. The molecule has 0 rings (SSSR count). The molecule has 150 valence electrons. The molecule has 0 unspecified atom stereocenters. The van der Waals surface area contributed by atoms with Crippen LogP contribution in [-0.2, 0) is 38.7 Å². The molecule has 27 heavy (non-hydrogen) atoms. The number of esters is 3. The van der Waals surface area contributed by atoms with Gasteiger partial charge in [0.25, 0.3) is 10.1 Å². The van der Waals surface area contributed by atoms with E-state index in [-0.39, 0.29) is 73.4 Å². The van der Waals surface area contributed by atoms with Crippen molar-refractivity contribution >= 4 is 57.6 Å². The topological polar surface area (TPSA) is 133 Å². The number of hydrogen-bond acceptors (Lipinski definition) is 8. The summed E-state index contributed by atoms with van der Waals surface area (Å²) >= 11 is 0. The van der Waals surface area contributed by atoms with Gasteiger partial charge in [-0.25, -0.2) is 9.59 Å². The quantitative estimate of drug-likeness (QED) is 0.120. The summed E-state index contributed by atoms with van der Waals surface area (Å²) in [6.45, 7) is 8.83. The van der Waals surface area contributed by atoms with E-state index in [1.54, 1.807) is 0 Å². The van der Waals surface area contributed by atoms with E-state index in [1.807, 2.05) is 0 Å². The van der Waals surface area contributed by atoms with Gasteiger partial charge in [-0.2, -0.15) is 8.42 Å². The van der Waals surface area contributed by atoms with Crippen molar-refractivity contribution in [3.8, 4) is 0 Å². The summed E-state index contributed by atoms with van der Waals surface area (Å²) in [5.74, 6) is -3.69. The van der Waals surface area contributed by atoms with Crippen molar-refractivity contribution in [3.63, 3.8) is 0 Å². The zero-order chi connectivity index (χ0) is 20.3. The first-order valence-electron chi connectivity index (χ1n) is 7.71. The second kappa shape index (κ2) is 13.9. The molecule has 9 nitrogen and oxygen atoms in total. The molecule has 0 atom stereocenters. The van der Waals surface area contributed by atoms with Crippen molar-refractivity contribution < 1.29 is 41.6 Å². The van der Waals surface area contributed by atoms with Crippen LogP contribution in [0.2, 0.25) is 0 Å². The van der Waals surface area contributed by atoms with Crippen LogP contribution < -0.4 is 0 Å². The Morgan fingerprint density at radius 2 is 1.37 bits per heavy atom. The maximum absolute atomic E-state index is 12.1. The zero-order valence-corrected chi connectivity index (χ0v) is 15.7. The van der Waals surface area contributed by atoms with Crippen LogP contribution >= 0.6 is 0 Å². The Balaban J connectivity index is 0. The summed E-state index contributed by atoms with van der Waals surface area (Å²) in [4.78, 5) is 34.9. The van der Waals surface area contributed by atoms with Crippen molar-refractivity contribution in [2.75, 3.05) is 25.6 Å². The third-order valence-electron chi connectivity index (χ3n) is 2.90. The van der Waals surface area contributed by atoms with Gasteiger partial charge in [-0.1, -0.05) is 13.2 Å². The molecule has 0 aromatic rings. The van der Waals surface area contributed by atoms with Crippen molar-refractivity contribution in [1.82, 2.24) is 0 Å². The number of unbranched alkanes of at least 4 members (excludes halogenated alkanes) is 1. The van der Waals surface area contributed by atoms with Gasteiger partial charge in [-0.15, -0.1) is 0 Å². The van der Waals surface area contributed by atoms with E-state index in [0.29, 0.717) is 0 Å². The van der Waals surface area contributed by atoms with E-state index in [2.05, 4.69) is 13.2 Å². The molecule has 11 heteroatoms. The van der Waals surface area contributed by atoms with E-state index in [4.69, 9.17) is 18.8 Å². The minimum atomic E-state index is -4.07. The molecule has 0 radical (unpaired) electrons. The summed E-state index contributed by atoms with van der Waals surface area (Å²) < 4.78 is 44.5. The van der Waals surface area contributed by atoms with Crippen molar-refractivity contribution in [2.24, 2.45) is 5.92 Å². The van der Waals surface area contributed by atoms with Crippen molar-refractivity contribution in [2.45, 2.75) is 26.7 Å². The molecule has 0 spiro atoms. The predicted molar refractivity (Wildman–Crippen MR) is 98.8 cm³/mol. The Bertz CT molecular complexity index is 625. The molecular weight excluding hydrogens is 391 g/mol. The summed E-state index contributed by atoms with van der Waals surface area (Å²) in [5.41, 5.74) is 0.280. The SMILES string of the molecule is C=C(C)C(=O)OCC(COC(=O)C(=C)C)C(=O)OCCCCS(=O)(=O)O.[NaH]. The van der Waals surface area contributed by atoms with Gasteiger partial charge < -0.3 is 14.2 Å². The average Bonchev–Trinajstić information content (AvgIpc) is 2.52.